The lowest BCUT2D eigenvalue weighted by molar-refractivity contribution is 0.242. The van der Waals surface area contributed by atoms with Gasteiger partial charge < -0.3 is 16.0 Å². The van der Waals surface area contributed by atoms with E-state index in [-0.39, 0.29) is 6.03 Å². The van der Waals surface area contributed by atoms with Crippen LogP contribution in [0, 0.1) is 5.92 Å². The Morgan fingerprint density at radius 3 is 2.73 bits per heavy atom. The van der Waals surface area contributed by atoms with Crippen molar-refractivity contribution in [3.8, 4) is 0 Å². The molecule has 0 unspecified atom stereocenters. The topological polar surface area (TPSA) is 53.2 Å². The number of nitrogens with one attached hydrogen (secondary N) is 3. The first kappa shape index (κ1) is 12.3. The largest absolute Gasteiger partial charge is 0.341 e. The molecule has 0 radical (unpaired) electrons. The van der Waals surface area contributed by atoms with Crippen molar-refractivity contribution in [3.05, 3.63) is 0 Å². The SMILES string of the molecule is CNC(=O)NCCCCC1CCNCC1. The Kier molecular flexibility index (Phi) is 6.16. The van der Waals surface area contributed by atoms with Crippen LogP contribution in [0.1, 0.15) is 32.1 Å². The van der Waals surface area contributed by atoms with Crippen molar-refractivity contribution in [1.29, 1.82) is 0 Å². The Labute approximate surface area is 92.2 Å². The smallest absolute Gasteiger partial charge is 0.314 e. The summed E-state index contributed by atoms with van der Waals surface area (Å²) < 4.78 is 0. The van der Waals surface area contributed by atoms with Crippen LogP contribution < -0.4 is 16.0 Å². The maximum atomic E-state index is 10.8. The van der Waals surface area contributed by atoms with Crippen molar-refractivity contribution in [3.63, 3.8) is 0 Å². The Bertz CT molecular complexity index is 179. The average Bonchev–Trinajstić information content (AvgIpc) is 2.29. The molecule has 1 rings (SSSR count). The molecule has 4 heteroatoms. The van der Waals surface area contributed by atoms with Crippen LogP contribution in [0.3, 0.4) is 0 Å². The maximum Gasteiger partial charge on any atom is 0.314 e. The molecule has 15 heavy (non-hydrogen) atoms. The van der Waals surface area contributed by atoms with Crippen LogP contribution in [0.25, 0.3) is 0 Å². The van der Waals surface area contributed by atoms with Crippen LogP contribution in [-0.4, -0.2) is 32.7 Å². The van der Waals surface area contributed by atoms with Crippen LogP contribution in [0.15, 0.2) is 0 Å². The zero-order chi connectivity index (χ0) is 10.9. The van der Waals surface area contributed by atoms with Crippen molar-refractivity contribution in [2.45, 2.75) is 32.1 Å². The van der Waals surface area contributed by atoms with Crippen LogP contribution in [-0.2, 0) is 0 Å². The monoisotopic (exact) mass is 213 g/mol. The molecule has 1 fully saturated rings. The van der Waals surface area contributed by atoms with E-state index in [9.17, 15) is 4.79 Å². The number of hydrogen-bond donors (Lipinski definition) is 3. The van der Waals surface area contributed by atoms with Crippen molar-refractivity contribution >= 4 is 6.03 Å². The molecule has 0 aliphatic carbocycles. The van der Waals surface area contributed by atoms with Gasteiger partial charge >= 0.3 is 6.03 Å². The Morgan fingerprint density at radius 2 is 2.07 bits per heavy atom. The highest BCUT2D eigenvalue weighted by Gasteiger charge is 2.11. The average molecular weight is 213 g/mol. The first-order valence-electron chi connectivity index (χ1n) is 5.99. The fourth-order valence-corrected chi connectivity index (χ4v) is 2.02. The molecule has 0 aromatic rings. The number of carbonyl (C=O) groups excluding carboxylic acids is 1. The number of carbonyl (C=O) groups is 1. The van der Waals surface area contributed by atoms with E-state index >= 15 is 0 Å². The number of urea groups is 1. The van der Waals surface area contributed by atoms with Gasteiger partial charge in [-0.15, -0.1) is 0 Å². The molecular weight excluding hydrogens is 190 g/mol. The van der Waals surface area contributed by atoms with Crippen LogP contribution in [0.2, 0.25) is 0 Å². The number of hydrogen-bond acceptors (Lipinski definition) is 2. The molecule has 0 atom stereocenters. The lowest BCUT2D eigenvalue weighted by atomic mass is 9.92. The van der Waals surface area contributed by atoms with Gasteiger partial charge in [0.05, 0.1) is 0 Å². The Hall–Kier alpha value is -0.770. The fraction of sp³-hybridized carbons (Fsp3) is 0.909. The molecule has 4 nitrogen and oxygen atoms in total. The third-order valence-corrected chi connectivity index (χ3v) is 3.01. The minimum atomic E-state index is -0.0723. The van der Waals surface area contributed by atoms with Gasteiger partial charge in [0.1, 0.15) is 0 Å². The molecule has 1 aliphatic heterocycles. The minimum Gasteiger partial charge on any atom is -0.341 e. The Balaban J connectivity index is 1.89. The molecule has 0 aromatic carbocycles. The van der Waals surface area contributed by atoms with E-state index in [2.05, 4.69) is 16.0 Å². The molecule has 0 aromatic heterocycles. The third-order valence-electron chi connectivity index (χ3n) is 3.01. The maximum absolute atomic E-state index is 10.8. The summed E-state index contributed by atoms with van der Waals surface area (Å²) in [6.45, 7) is 3.16. The van der Waals surface area contributed by atoms with Crippen molar-refractivity contribution in [2.24, 2.45) is 5.92 Å². The van der Waals surface area contributed by atoms with Gasteiger partial charge in [-0.1, -0.05) is 12.8 Å². The summed E-state index contributed by atoms with van der Waals surface area (Å²) in [6, 6.07) is -0.0723. The fourth-order valence-electron chi connectivity index (χ4n) is 2.02. The molecule has 3 N–H and O–H groups in total. The summed E-state index contributed by atoms with van der Waals surface area (Å²) in [6.07, 6.45) is 6.29. The van der Waals surface area contributed by atoms with Gasteiger partial charge in [-0.2, -0.15) is 0 Å². The second-order valence-corrected chi connectivity index (χ2v) is 4.20. The van der Waals surface area contributed by atoms with E-state index in [1.54, 1.807) is 7.05 Å². The molecule has 1 heterocycles. The molecular formula is C11H23N3O. The van der Waals surface area contributed by atoms with Gasteiger partial charge in [0.2, 0.25) is 0 Å². The summed E-state index contributed by atoms with van der Waals surface area (Å²) in [5, 5.41) is 8.73. The molecule has 0 saturated carbocycles. The zero-order valence-corrected chi connectivity index (χ0v) is 9.64. The first-order valence-corrected chi connectivity index (χ1v) is 5.99. The minimum absolute atomic E-state index is 0.0723. The van der Waals surface area contributed by atoms with Gasteiger partial charge in [-0.25, -0.2) is 4.79 Å². The lowest BCUT2D eigenvalue weighted by Gasteiger charge is -2.22. The predicted molar refractivity (Wildman–Crippen MR) is 61.9 cm³/mol. The molecule has 1 aliphatic rings. The molecule has 1 saturated heterocycles. The molecule has 88 valence electrons. The number of rotatable bonds is 5. The van der Waals surface area contributed by atoms with Gasteiger partial charge in [0, 0.05) is 13.6 Å². The van der Waals surface area contributed by atoms with E-state index in [0.717, 1.165) is 18.9 Å². The number of amides is 2. The molecule has 0 spiro atoms. The van der Waals surface area contributed by atoms with Gasteiger partial charge in [-0.05, 0) is 38.3 Å². The van der Waals surface area contributed by atoms with E-state index < -0.39 is 0 Å². The van der Waals surface area contributed by atoms with Gasteiger partial charge in [-0.3, -0.25) is 0 Å². The normalized spacial score (nSPS) is 17.4. The van der Waals surface area contributed by atoms with E-state index in [4.69, 9.17) is 0 Å². The van der Waals surface area contributed by atoms with Crippen LogP contribution in [0.4, 0.5) is 4.79 Å². The van der Waals surface area contributed by atoms with E-state index in [0.29, 0.717) is 0 Å². The summed E-state index contributed by atoms with van der Waals surface area (Å²) in [7, 11) is 1.64. The second-order valence-electron chi connectivity index (χ2n) is 4.20. The van der Waals surface area contributed by atoms with Crippen LogP contribution in [0.5, 0.6) is 0 Å². The summed E-state index contributed by atoms with van der Waals surface area (Å²) in [5.74, 6) is 0.909. The lowest BCUT2D eigenvalue weighted by Crippen LogP contribution is -2.33. The third kappa shape index (κ3) is 5.62. The molecule has 2 amide bonds. The van der Waals surface area contributed by atoms with Gasteiger partial charge in [0.25, 0.3) is 0 Å². The highest BCUT2D eigenvalue weighted by atomic mass is 16.2. The molecule has 0 bridgehead atoms. The summed E-state index contributed by atoms with van der Waals surface area (Å²) >= 11 is 0. The van der Waals surface area contributed by atoms with Gasteiger partial charge in [0.15, 0.2) is 0 Å². The highest BCUT2D eigenvalue weighted by molar-refractivity contribution is 5.73. The summed E-state index contributed by atoms with van der Waals surface area (Å²) in [4.78, 5) is 10.8. The first-order chi connectivity index (χ1) is 7.33. The number of piperidine rings is 1. The Morgan fingerprint density at radius 1 is 1.33 bits per heavy atom. The quantitative estimate of drug-likeness (QED) is 0.599. The highest BCUT2D eigenvalue weighted by Crippen LogP contribution is 2.18. The van der Waals surface area contributed by atoms with Crippen molar-refractivity contribution in [2.75, 3.05) is 26.7 Å². The van der Waals surface area contributed by atoms with Crippen molar-refractivity contribution < 1.29 is 4.79 Å². The number of unbranched alkanes of at least 4 members (excludes halogenated alkanes) is 1. The second kappa shape index (κ2) is 7.51. The predicted octanol–water partition coefficient (Wildman–Crippen LogP) is 1.09. The van der Waals surface area contributed by atoms with Crippen LogP contribution >= 0.6 is 0 Å². The summed E-state index contributed by atoms with van der Waals surface area (Å²) in [5.41, 5.74) is 0. The van der Waals surface area contributed by atoms with E-state index in [1.807, 2.05) is 0 Å². The van der Waals surface area contributed by atoms with Crippen molar-refractivity contribution in [1.82, 2.24) is 16.0 Å². The van der Waals surface area contributed by atoms with E-state index in [1.165, 1.54) is 38.8 Å². The zero-order valence-electron chi connectivity index (χ0n) is 9.64. The standard InChI is InChI=1S/C11H23N3O/c1-12-11(15)14-7-3-2-4-10-5-8-13-9-6-10/h10,13H,2-9H2,1H3,(H2,12,14,15).